The van der Waals surface area contributed by atoms with Gasteiger partial charge in [-0.2, -0.15) is 0 Å². The summed E-state index contributed by atoms with van der Waals surface area (Å²) in [6.07, 6.45) is 3.58. The van der Waals surface area contributed by atoms with E-state index in [0.717, 1.165) is 25.0 Å². The molecule has 1 aliphatic heterocycles. The third kappa shape index (κ3) is 2.60. The smallest absolute Gasteiger partial charge is 0.123 e. The molecule has 2 heteroatoms. The molecule has 0 bridgehead atoms. The molecule has 94 valence electrons. The quantitative estimate of drug-likeness (QED) is 0.704. The highest BCUT2D eigenvalue weighted by Crippen LogP contribution is 2.37. The predicted octanol–water partition coefficient (Wildman–Crippen LogP) is 4.73. The maximum absolute atomic E-state index is 6.57. The second kappa shape index (κ2) is 5.30. The van der Waals surface area contributed by atoms with Gasteiger partial charge in [0.25, 0.3) is 0 Å². The van der Waals surface area contributed by atoms with Crippen LogP contribution in [-0.2, 0) is 6.42 Å². The Kier molecular flexibility index (Phi) is 3.98. The van der Waals surface area contributed by atoms with E-state index in [1.807, 2.05) is 0 Å². The molecule has 0 saturated carbocycles. The topological polar surface area (TPSA) is 9.23 Å². The van der Waals surface area contributed by atoms with Gasteiger partial charge in [0, 0.05) is 6.42 Å². The molecule has 0 radical (unpaired) electrons. The zero-order chi connectivity index (χ0) is 12.4. The van der Waals surface area contributed by atoms with Crippen LogP contribution in [0, 0.1) is 5.92 Å². The Balaban J connectivity index is 2.20. The maximum atomic E-state index is 6.57. The number of alkyl halides is 1. The van der Waals surface area contributed by atoms with Crippen molar-refractivity contribution in [3.05, 3.63) is 29.3 Å². The van der Waals surface area contributed by atoms with Crippen molar-refractivity contribution in [3.63, 3.8) is 0 Å². The van der Waals surface area contributed by atoms with Crippen molar-refractivity contribution in [2.75, 3.05) is 0 Å². The van der Waals surface area contributed by atoms with Crippen LogP contribution in [0.4, 0.5) is 0 Å². The molecular weight excluding hydrogens is 232 g/mol. The van der Waals surface area contributed by atoms with Gasteiger partial charge in [0.1, 0.15) is 11.9 Å². The minimum atomic E-state index is 0.131. The molecule has 0 N–H and O–H groups in total. The molecule has 0 aliphatic carbocycles. The number of fused-ring (bicyclic) bond motifs is 1. The van der Waals surface area contributed by atoms with E-state index in [9.17, 15) is 0 Å². The molecule has 2 atom stereocenters. The van der Waals surface area contributed by atoms with Gasteiger partial charge in [-0.25, -0.2) is 0 Å². The molecule has 0 spiro atoms. The van der Waals surface area contributed by atoms with E-state index in [-0.39, 0.29) is 5.38 Å². The minimum absolute atomic E-state index is 0.131. The molecule has 1 aliphatic rings. The number of hydrogen-bond acceptors (Lipinski definition) is 1. The molecule has 1 nitrogen and oxygen atoms in total. The van der Waals surface area contributed by atoms with E-state index in [1.165, 1.54) is 11.1 Å². The summed E-state index contributed by atoms with van der Waals surface area (Å²) in [5.41, 5.74) is 2.56. The standard InChI is InChI=1S/C15H21ClO/c1-4-11(5-2)15(16)12-6-7-14-13(9-12)8-10(3)17-14/h6-7,9-11,15H,4-5,8H2,1-3H3. The molecule has 2 unspecified atom stereocenters. The maximum Gasteiger partial charge on any atom is 0.123 e. The zero-order valence-electron chi connectivity index (χ0n) is 10.9. The lowest BCUT2D eigenvalue weighted by atomic mass is 9.92. The molecule has 1 aromatic carbocycles. The van der Waals surface area contributed by atoms with E-state index in [4.69, 9.17) is 16.3 Å². The van der Waals surface area contributed by atoms with Gasteiger partial charge in [-0.15, -0.1) is 11.6 Å². The lowest BCUT2D eigenvalue weighted by Crippen LogP contribution is -2.06. The second-order valence-electron chi connectivity index (χ2n) is 4.98. The van der Waals surface area contributed by atoms with Gasteiger partial charge in [0.05, 0.1) is 5.38 Å². The average molecular weight is 253 g/mol. The monoisotopic (exact) mass is 252 g/mol. The van der Waals surface area contributed by atoms with Crippen molar-refractivity contribution < 1.29 is 4.74 Å². The van der Waals surface area contributed by atoms with Crippen LogP contribution >= 0.6 is 11.6 Å². The highest BCUT2D eigenvalue weighted by Gasteiger charge is 2.23. The number of halogens is 1. The third-order valence-electron chi connectivity index (χ3n) is 3.70. The Morgan fingerprint density at radius 3 is 2.71 bits per heavy atom. The predicted molar refractivity (Wildman–Crippen MR) is 72.9 cm³/mol. The van der Waals surface area contributed by atoms with E-state index >= 15 is 0 Å². The summed E-state index contributed by atoms with van der Waals surface area (Å²) in [6.45, 7) is 6.53. The van der Waals surface area contributed by atoms with Crippen LogP contribution in [0.1, 0.15) is 50.1 Å². The van der Waals surface area contributed by atoms with Crippen molar-refractivity contribution in [2.45, 2.75) is 51.5 Å². The Bertz CT molecular complexity index is 385. The molecular formula is C15H21ClO. The van der Waals surface area contributed by atoms with Crippen LogP contribution < -0.4 is 4.74 Å². The van der Waals surface area contributed by atoms with Crippen molar-refractivity contribution in [2.24, 2.45) is 5.92 Å². The first-order valence-corrected chi connectivity index (χ1v) is 7.02. The minimum Gasteiger partial charge on any atom is -0.490 e. The Labute approximate surface area is 109 Å². The Morgan fingerprint density at radius 2 is 2.06 bits per heavy atom. The number of rotatable bonds is 4. The number of hydrogen-bond donors (Lipinski definition) is 0. The van der Waals surface area contributed by atoms with E-state index < -0.39 is 0 Å². The summed E-state index contributed by atoms with van der Waals surface area (Å²) < 4.78 is 5.71. The normalized spacial score (nSPS) is 20.2. The van der Waals surface area contributed by atoms with Crippen molar-refractivity contribution in [1.29, 1.82) is 0 Å². The van der Waals surface area contributed by atoms with Gasteiger partial charge in [0.15, 0.2) is 0 Å². The molecule has 1 heterocycles. The molecule has 0 aromatic heterocycles. The van der Waals surface area contributed by atoms with Gasteiger partial charge in [-0.1, -0.05) is 38.8 Å². The fourth-order valence-electron chi connectivity index (χ4n) is 2.59. The van der Waals surface area contributed by atoms with E-state index in [2.05, 4.69) is 39.0 Å². The van der Waals surface area contributed by atoms with Crippen molar-refractivity contribution in [1.82, 2.24) is 0 Å². The lowest BCUT2D eigenvalue weighted by Gasteiger charge is -2.20. The largest absolute Gasteiger partial charge is 0.490 e. The first-order chi connectivity index (χ1) is 8.15. The van der Waals surface area contributed by atoms with Crippen LogP contribution in [0.2, 0.25) is 0 Å². The van der Waals surface area contributed by atoms with E-state index in [0.29, 0.717) is 12.0 Å². The summed E-state index contributed by atoms with van der Waals surface area (Å²) >= 11 is 6.57. The molecule has 2 rings (SSSR count). The molecule has 1 aromatic rings. The molecule has 17 heavy (non-hydrogen) atoms. The fraction of sp³-hybridized carbons (Fsp3) is 0.600. The summed E-state index contributed by atoms with van der Waals surface area (Å²) in [7, 11) is 0. The molecule has 0 saturated heterocycles. The summed E-state index contributed by atoms with van der Waals surface area (Å²) in [5.74, 6) is 1.60. The fourth-order valence-corrected chi connectivity index (χ4v) is 3.08. The first kappa shape index (κ1) is 12.8. The lowest BCUT2D eigenvalue weighted by molar-refractivity contribution is 0.254. The zero-order valence-corrected chi connectivity index (χ0v) is 11.6. The summed E-state index contributed by atoms with van der Waals surface area (Å²) in [6, 6.07) is 6.42. The van der Waals surface area contributed by atoms with Gasteiger partial charge in [-0.05, 0) is 30.0 Å². The van der Waals surface area contributed by atoms with Crippen LogP contribution in [0.15, 0.2) is 18.2 Å². The highest BCUT2D eigenvalue weighted by molar-refractivity contribution is 6.21. The highest BCUT2D eigenvalue weighted by atomic mass is 35.5. The van der Waals surface area contributed by atoms with Crippen LogP contribution in [0.5, 0.6) is 5.75 Å². The van der Waals surface area contributed by atoms with Crippen LogP contribution in [-0.4, -0.2) is 6.10 Å². The summed E-state index contributed by atoms with van der Waals surface area (Å²) in [4.78, 5) is 0. The average Bonchev–Trinajstić information content (AvgIpc) is 2.69. The SMILES string of the molecule is CCC(CC)C(Cl)c1ccc2c(c1)CC(C)O2. The van der Waals surface area contributed by atoms with Gasteiger partial charge in [0.2, 0.25) is 0 Å². The molecule has 0 fully saturated rings. The third-order valence-corrected chi connectivity index (χ3v) is 4.31. The Hall–Kier alpha value is -0.690. The van der Waals surface area contributed by atoms with Crippen LogP contribution in [0.25, 0.3) is 0 Å². The Morgan fingerprint density at radius 1 is 1.35 bits per heavy atom. The first-order valence-electron chi connectivity index (χ1n) is 6.59. The van der Waals surface area contributed by atoms with Gasteiger partial charge >= 0.3 is 0 Å². The number of ether oxygens (including phenoxy) is 1. The van der Waals surface area contributed by atoms with Gasteiger partial charge < -0.3 is 4.74 Å². The van der Waals surface area contributed by atoms with Gasteiger partial charge in [-0.3, -0.25) is 0 Å². The van der Waals surface area contributed by atoms with E-state index in [1.54, 1.807) is 0 Å². The second-order valence-corrected chi connectivity index (χ2v) is 5.45. The van der Waals surface area contributed by atoms with Crippen LogP contribution in [0.3, 0.4) is 0 Å². The molecule has 0 amide bonds. The van der Waals surface area contributed by atoms with Crippen molar-refractivity contribution in [3.8, 4) is 5.75 Å². The number of benzene rings is 1. The van der Waals surface area contributed by atoms with Crippen molar-refractivity contribution >= 4 is 11.6 Å². The summed E-state index contributed by atoms with van der Waals surface area (Å²) in [5, 5.41) is 0.131.